The summed E-state index contributed by atoms with van der Waals surface area (Å²) < 4.78 is 10.4. The van der Waals surface area contributed by atoms with Gasteiger partial charge in [-0.1, -0.05) is 6.92 Å². The minimum absolute atomic E-state index is 0.339. The maximum Gasteiger partial charge on any atom is 0.326 e. The summed E-state index contributed by atoms with van der Waals surface area (Å²) in [7, 11) is 0. The molecule has 0 radical (unpaired) electrons. The molecule has 20 heavy (non-hydrogen) atoms. The van der Waals surface area contributed by atoms with Gasteiger partial charge in [0.05, 0.1) is 13.2 Å². The lowest BCUT2D eigenvalue weighted by Crippen LogP contribution is -2.49. The first kappa shape index (κ1) is 18.7. The number of ether oxygens (including phenoxy) is 2. The molecule has 0 rings (SSSR count). The van der Waals surface area contributed by atoms with Gasteiger partial charge in [-0.2, -0.15) is 0 Å². The third kappa shape index (κ3) is 7.96. The molecule has 0 heterocycles. The van der Waals surface area contributed by atoms with Crippen molar-refractivity contribution < 1.29 is 24.2 Å². The second-order valence-corrected chi connectivity index (χ2v) is 4.13. The number of amides is 2. The van der Waals surface area contributed by atoms with Crippen molar-refractivity contribution >= 4 is 12.0 Å². The van der Waals surface area contributed by atoms with E-state index in [2.05, 4.69) is 5.32 Å². The van der Waals surface area contributed by atoms with Crippen molar-refractivity contribution in [2.75, 3.05) is 39.5 Å². The van der Waals surface area contributed by atoms with E-state index < -0.39 is 18.0 Å². The standard InChI is InChI=1S/C13H26N2O5/c1-4-11(12(16)17)14-13(18)15(7-9-19-5-2)8-10-20-6-3/h11H,4-10H2,1-3H3,(H,14,18)(H,16,17)/t11-/m1/s1. The van der Waals surface area contributed by atoms with Crippen molar-refractivity contribution in [2.45, 2.75) is 33.2 Å². The van der Waals surface area contributed by atoms with Crippen LogP contribution in [-0.2, 0) is 14.3 Å². The van der Waals surface area contributed by atoms with Crippen LogP contribution < -0.4 is 5.32 Å². The molecular formula is C13H26N2O5. The van der Waals surface area contributed by atoms with Crippen molar-refractivity contribution in [3.05, 3.63) is 0 Å². The van der Waals surface area contributed by atoms with E-state index in [1.165, 1.54) is 4.90 Å². The molecule has 2 amide bonds. The molecule has 0 bridgehead atoms. The number of hydrogen-bond acceptors (Lipinski definition) is 4. The minimum atomic E-state index is -1.03. The van der Waals surface area contributed by atoms with E-state index in [-0.39, 0.29) is 0 Å². The molecule has 0 unspecified atom stereocenters. The summed E-state index contributed by atoms with van der Waals surface area (Å²) in [4.78, 5) is 24.5. The van der Waals surface area contributed by atoms with E-state index in [4.69, 9.17) is 14.6 Å². The van der Waals surface area contributed by atoms with Gasteiger partial charge in [0.1, 0.15) is 6.04 Å². The Kier molecular flexibility index (Phi) is 10.7. The van der Waals surface area contributed by atoms with Crippen LogP contribution in [0.15, 0.2) is 0 Å². The van der Waals surface area contributed by atoms with Crippen LogP contribution in [-0.4, -0.2) is 67.6 Å². The highest BCUT2D eigenvalue weighted by Crippen LogP contribution is 1.97. The fourth-order valence-corrected chi connectivity index (χ4v) is 1.53. The Hall–Kier alpha value is -1.34. The zero-order valence-electron chi connectivity index (χ0n) is 12.6. The molecule has 0 spiro atoms. The molecule has 0 aliphatic carbocycles. The summed E-state index contributed by atoms with van der Waals surface area (Å²) in [6.07, 6.45) is 0.339. The molecule has 1 atom stereocenters. The van der Waals surface area contributed by atoms with Crippen LogP contribution in [0.1, 0.15) is 27.2 Å². The van der Waals surface area contributed by atoms with Crippen LogP contribution in [0.2, 0.25) is 0 Å². The van der Waals surface area contributed by atoms with Gasteiger partial charge < -0.3 is 24.8 Å². The molecule has 7 heteroatoms. The number of urea groups is 1. The van der Waals surface area contributed by atoms with E-state index in [9.17, 15) is 9.59 Å². The van der Waals surface area contributed by atoms with Crippen LogP contribution >= 0.6 is 0 Å². The van der Waals surface area contributed by atoms with Crippen LogP contribution in [0.4, 0.5) is 4.79 Å². The van der Waals surface area contributed by atoms with E-state index >= 15 is 0 Å². The molecule has 2 N–H and O–H groups in total. The Morgan fingerprint density at radius 3 is 1.95 bits per heavy atom. The van der Waals surface area contributed by atoms with Gasteiger partial charge >= 0.3 is 12.0 Å². The highest BCUT2D eigenvalue weighted by atomic mass is 16.5. The lowest BCUT2D eigenvalue weighted by Gasteiger charge is -2.24. The van der Waals surface area contributed by atoms with E-state index in [1.807, 2.05) is 13.8 Å². The van der Waals surface area contributed by atoms with Crippen LogP contribution in [0.3, 0.4) is 0 Å². The molecule has 0 aromatic rings. The van der Waals surface area contributed by atoms with E-state index in [0.29, 0.717) is 45.9 Å². The van der Waals surface area contributed by atoms with Crippen molar-refractivity contribution in [3.63, 3.8) is 0 Å². The molecule has 0 fully saturated rings. The van der Waals surface area contributed by atoms with Crippen LogP contribution in [0.25, 0.3) is 0 Å². The number of carboxylic acid groups (broad SMARTS) is 1. The summed E-state index contributed by atoms with van der Waals surface area (Å²) in [5.74, 6) is -1.03. The average molecular weight is 290 g/mol. The molecule has 118 valence electrons. The second kappa shape index (κ2) is 11.5. The van der Waals surface area contributed by atoms with Crippen molar-refractivity contribution in [3.8, 4) is 0 Å². The van der Waals surface area contributed by atoms with E-state index in [1.54, 1.807) is 6.92 Å². The first-order chi connectivity index (χ1) is 9.56. The van der Waals surface area contributed by atoms with Gasteiger partial charge in [-0.05, 0) is 20.3 Å². The number of carbonyl (C=O) groups is 2. The number of hydrogen-bond donors (Lipinski definition) is 2. The highest BCUT2D eigenvalue weighted by molar-refractivity contribution is 5.82. The fourth-order valence-electron chi connectivity index (χ4n) is 1.53. The monoisotopic (exact) mass is 290 g/mol. The quantitative estimate of drug-likeness (QED) is 0.553. The van der Waals surface area contributed by atoms with Crippen molar-refractivity contribution in [1.82, 2.24) is 10.2 Å². The number of aliphatic carboxylic acids is 1. The fraction of sp³-hybridized carbons (Fsp3) is 0.846. The molecule has 0 saturated carbocycles. The summed E-state index contributed by atoms with van der Waals surface area (Å²) in [5, 5.41) is 11.4. The predicted octanol–water partition coefficient (Wildman–Crippen LogP) is 0.934. The predicted molar refractivity (Wildman–Crippen MR) is 74.8 cm³/mol. The van der Waals surface area contributed by atoms with Crippen LogP contribution in [0, 0.1) is 0 Å². The summed E-state index contributed by atoms with van der Waals surface area (Å²) in [5.41, 5.74) is 0. The van der Waals surface area contributed by atoms with Crippen molar-refractivity contribution in [2.24, 2.45) is 0 Å². The molecule has 0 aromatic heterocycles. The number of rotatable bonds is 11. The van der Waals surface area contributed by atoms with Gasteiger partial charge in [-0.15, -0.1) is 0 Å². The molecule has 0 saturated heterocycles. The smallest absolute Gasteiger partial charge is 0.326 e. The number of carbonyl (C=O) groups excluding carboxylic acids is 1. The summed E-state index contributed by atoms with van der Waals surface area (Å²) in [6.45, 7) is 8.26. The van der Waals surface area contributed by atoms with E-state index in [0.717, 1.165) is 0 Å². The van der Waals surface area contributed by atoms with Gasteiger partial charge in [0, 0.05) is 26.3 Å². The Morgan fingerprint density at radius 2 is 1.60 bits per heavy atom. The maximum atomic E-state index is 12.0. The molecule has 0 aliphatic rings. The molecular weight excluding hydrogens is 264 g/mol. The lowest BCUT2D eigenvalue weighted by molar-refractivity contribution is -0.139. The Bertz CT molecular complexity index is 276. The Balaban J connectivity index is 4.39. The molecule has 7 nitrogen and oxygen atoms in total. The second-order valence-electron chi connectivity index (χ2n) is 4.13. The van der Waals surface area contributed by atoms with Gasteiger partial charge in [0.25, 0.3) is 0 Å². The van der Waals surface area contributed by atoms with Gasteiger partial charge in [-0.3, -0.25) is 0 Å². The zero-order valence-corrected chi connectivity index (χ0v) is 12.6. The number of carboxylic acids is 1. The first-order valence-corrected chi connectivity index (χ1v) is 7.00. The summed E-state index contributed by atoms with van der Waals surface area (Å²) >= 11 is 0. The highest BCUT2D eigenvalue weighted by Gasteiger charge is 2.21. The maximum absolute atomic E-state index is 12.0. The topological polar surface area (TPSA) is 88.1 Å². The van der Waals surface area contributed by atoms with Gasteiger partial charge in [0.2, 0.25) is 0 Å². The van der Waals surface area contributed by atoms with Gasteiger partial charge in [-0.25, -0.2) is 9.59 Å². The molecule has 0 aromatic carbocycles. The minimum Gasteiger partial charge on any atom is -0.480 e. The third-order valence-electron chi connectivity index (χ3n) is 2.71. The van der Waals surface area contributed by atoms with Crippen molar-refractivity contribution in [1.29, 1.82) is 0 Å². The SMILES string of the molecule is CCOCCN(CCOCC)C(=O)N[C@H](CC)C(=O)O. The van der Waals surface area contributed by atoms with Gasteiger partial charge in [0.15, 0.2) is 0 Å². The largest absolute Gasteiger partial charge is 0.480 e. The Labute approximate surface area is 120 Å². The zero-order chi connectivity index (χ0) is 15.4. The average Bonchev–Trinajstić information content (AvgIpc) is 2.42. The lowest BCUT2D eigenvalue weighted by atomic mass is 10.2. The molecule has 0 aliphatic heterocycles. The Morgan fingerprint density at radius 1 is 1.10 bits per heavy atom. The van der Waals surface area contributed by atoms with Crippen LogP contribution in [0.5, 0.6) is 0 Å². The normalized spacial score (nSPS) is 11.9. The third-order valence-corrected chi connectivity index (χ3v) is 2.71. The first-order valence-electron chi connectivity index (χ1n) is 7.00. The number of nitrogens with one attached hydrogen (secondary N) is 1. The number of nitrogens with zero attached hydrogens (tertiary/aromatic N) is 1. The summed E-state index contributed by atoms with van der Waals surface area (Å²) in [6, 6.07) is -1.28.